The third-order valence-corrected chi connectivity index (χ3v) is 3.06. The molecule has 2 nitrogen and oxygen atoms in total. The Morgan fingerprint density at radius 1 is 1.10 bits per heavy atom. The van der Waals surface area contributed by atoms with Gasteiger partial charge < -0.3 is 5.32 Å². The van der Waals surface area contributed by atoms with E-state index in [4.69, 9.17) is 0 Å². The zero-order chi connectivity index (χ0) is 15.6. The van der Waals surface area contributed by atoms with Crippen LogP contribution in [0.4, 0.5) is 23.2 Å². The van der Waals surface area contributed by atoms with Gasteiger partial charge in [-0.25, -0.2) is 4.39 Å². The summed E-state index contributed by atoms with van der Waals surface area (Å²) in [5.41, 5.74) is -1.24. The lowest BCUT2D eigenvalue weighted by atomic mass is 10.1. The molecule has 0 radical (unpaired) electrons. The van der Waals surface area contributed by atoms with Crippen LogP contribution in [-0.2, 0) is 6.18 Å². The first-order chi connectivity index (χ1) is 9.77. The summed E-state index contributed by atoms with van der Waals surface area (Å²) >= 11 is 2.94. The molecule has 2 aromatic rings. The Labute approximate surface area is 125 Å². The number of hydrogen-bond acceptors (Lipinski definition) is 1. The second-order valence-electron chi connectivity index (χ2n) is 4.16. The molecule has 0 aromatic heterocycles. The fourth-order valence-corrected chi connectivity index (χ4v) is 2.16. The lowest BCUT2D eigenvalue weighted by Crippen LogP contribution is -2.14. The number of halogens is 5. The second kappa shape index (κ2) is 5.85. The Bertz CT molecular complexity index is 685. The molecule has 0 unspecified atom stereocenters. The molecule has 7 heteroatoms. The fourth-order valence-electron chi connectivity index (χ4n) is 1.67. The van der Waals surface area contributed by atoms with Gasteiger partial charge in [0.05, 0.1) is 11.1 Å². The van der Waals surface area contributed by atoms with Crippen molar-refractivity contribution in [1.82, 2.24) is 0 Å². The van der Waals surface area contributed by atoms with Crippen molar-refractivity contribution in [2.24, 2.45) is 0 Å². The lowest BCUT2D eigenvalue weighted by Gasteiger charge is -2.11. The minimum Gasteiger partial charge on any atom is -0.322 e. The SMILES string of the molecule is O=C(Nc1cc(Br)cc(C(F)(F)F)c1)c1ccccc1F. The van der Waals surface area contributed by atoms with Gasteiger partial charge in [-0.05, 0) is 30.3 Å². The first kappa shape index (κ1) is 15.5. The number of amides is 1. The number of carbonyl (C=O) groups excluding carboxylic acids is 1. The van der Waals surface area contributed by atoms with E-state index in [0.717, 1.165) is 18.2 Å². The Morgan fingerprint density at radius 2 is 1.76 bits per heavy atom. The number of anilines is 1. The van der Waals surface area contributed by atoms with Gasteiger partial charge in [0.2, 0.25) is 0 Å². The van der Waals surface area contributed by atoms with Crippen LogP contribution in [0.25, 0.3) is 0 Å². The maximum Gasteiger partial charge on any atom is 0.416 e. The smallest absolute Gasteiger partial charge is 0.322 e. The molecule has 0 aliphatic carbocycles. The van der Waals surface area contributed by atoms with Gasteiger partial charge in [0.15, 0.2) is 0 Å². The normalized spacial score (nSPS) is 11.3. The summed E-state index contributed by atoms with van der Waals surface area (Å²) in [4.78, 5) is 11.9. The quantitative estimate of drug-likeness (QED) is 0.760. The third kappa shape index (κ3) is 3.81. The van der Waals surface area contributed by atoms with Crippen molar-refractivity contribution in [3.8, 4) is 0 Å². The van der Waals surface area contributed by atoms with Crippen LogP contribution in [0.2, 0.25) is 0 Å². The molecule has 2 rings (SSSR count). The molecule has 21 heavy (non-hydrogen) atoms. The Hall–Kier alpha value is -1.89. The molecule has 0 heterocycles. The van der Waals surface area contributed by atoms with Crippen molar-refractivity contribution in [3.63, 3.8) is 0 Å². The van der Waals surface area contributed by atoms with Crippen LogP contribution < -0.4 is 5.32 Å². The molecular formula is C14H8BrF4NO. The maximum absolute atomic E-state index is 13.4. The first-order valence-corrected chi connectivity index (χ1v) is 6.50. The van der Waals surface area contributed by atoms with Gasteiger partial charge in [-0.2, -0.15) is 13.2 Å². The van der Waals surface area contributed by atoms with Gasteiger partial charge in [-0.3, -0.25) is 4.79 Å². The largest absolute Gasteiger partial charge is 0.416 e. The van der Waals surface area contributed by atoms with Crippen molar-refractivity contribution in [3.05, 3.63) is 63.9 Å². The molecule has 2 aromatic carbocycles. The number of nitrogens with one attached hydrogen (secondary N) is 1. The highest BCUT2D eigenvalue weighted by Crippen LogP contribution is 2.33. The summed E-state index contributed by atoms with van der Waals surface area (Å²) in [6, 6.07) is 8.17. The van der Waals surface area contributed by atoms with E-state index in [9.17, 15) is 22.4 Å². The van der Waals surface area contributed by atoms with Crippen LogP contribution in [0.15, 0.2) is 46.9 Å². The molecule has 0 saturated carbocycles. The third-order valence-electron chi connectivity index (χ3n) is 2.60. The zero-order valence-corrected chi connectivity index (χ0v) is 11.9. The summed E-state index contributed by atoms with van der Waals surface area (Å²) in [5, 5.41) is 2.24. The highest BCUT2D eigenvalue weighted by atomic mass is 79.9. The van der Waals surface area contributed by atoms with E-state index >= 15 is 0 Å². The topological polar surface area (TPSA) is 29.1 Å². The van der Waals surface area contributed by atoms with Crippen LogP contribution in [-0.4, -0.2) is 5.91 Å². The minimum absolute atomic E-state index is 0.0787. The minimum atomic E-state index is -4.54. The monoisotopic (exact) mass is 361 g/mol. The first-order valence-electron chi connectivity index (χ1n) is 5.71. The molecule has 0 aliphatic rings. The second-order valence-corrected chi connectivity index (χ2v) is 5.08. The van der Waals surface area contributed by atoms with Gasteiger partial charge in [0.25, 0.3) is 5.91 Å². The van der Waals surface area contributed by atoms with E-state index in [2.05, 4.69) is 21.2 Å². The predicted molar refractivity (Wildman–Crippen MR) is 73.5 cm³/mol. The van der Waals surface area contributed by atoms with Crippen LogP contribution in [0, 0.1) is 5.82 Å². The van der Waals surface area contributed by atoms with Crippen molar-refractivity contribution in [1.29, 1.82) is 0 Å². The van der Waals surface area contributed by atoms with Gasteiger partial charge in [-0.1, -0.05) is 28.1 Å². The molecule has 0 atom stereocenters. The molecule has 1 N–H and O–H groups in total. The molecule has 110 valence electrons. The average Bonchev–Trinajstić information content (AvgIpc) is 2.37. The summed E-state index contributed by atoms with van der Waals surface area (Å²) in [6.07, 6.45) is -4.54. The van der Waals surface area contributed by atoms with Gasteiger partial charge in [-0.15, -0.1) is 0 Å². The summed E-state index contributed by atoms with van der Waals surface area (Å²) in [7, 11) is 0. The number of alkyl halides is 3. The van der Waals surface area contributed by atoms with E-state index in [-0.39, 0.29) is 15.7 Å². The standard InChI is InChI=1S/C14H8BrF4NO/c15-9-5-8(14(17,18)19)6-10(7-9)20-13(21)11-3-1-2-4-12(11)16/h1-7H,(H,20,21). The summed E-state index contributed by atoms with van der Waals surface area (Å²) < 4.78 is 51.6. The van der Waals surface area contributed by atoms with Crippen molar-refractivity contribution in [2.75, 3.05) is 5.32 Å². The van der Waals surface area contributed by atoms with E-state index in [1.807, 2.05) is 0 Å². The molecule has 0 spiro atoms. The molecule has 1 amide bonds. The lowest BCUT2D eigenvalue weighted by molar-refractivity contribution is -0.137. The van der Waals surface area contributed by atoms with E-state index < -0.39 is 23.5 Å². The van der Waals surface area contributed by atoms with Crippen LogP contribution in [0.3, 0.4) is 0 Å². The average molecular weight is 362 g/mol. The number of rotatable bonds is 2. The maximum atomic E-state index is 13.4. The van der Waals surface area contributed by atoms with Crippen LogP contribution >= 0.6 is 15.9 Å². The number of benzene rings is 2. The Balaban J connectivity index is 2.30. The van der Waals surface area contributed by atoms with Gasteiger partial charge in [0.1, 0.15) is 5.82 Å². The van der Waals surface area contributed by atoms with Gasteiger partial charge in [0, 0.05) is 10.2 Å². The van der Waals surface area contributed by atoms with Crippen LogP contribution in [0.5, 0.6) is 0 Å². The molecule has 0 aliphatic heterocycles. The molecule has 0 bridgehead atoms. The summed E-state index contributed by atoms with van der Waals surface area (Å²) in [6.45, 7) is 0. The van der Waals surface area contributed by atoms with Crippen molar-refractivity contribution < 1.29 is 22.4 Å². The predicted octanol–water partition coefficient (Wildman–Crippen LogP) is 4.86. The zero-order valence-electron chi connectivity index (χ0n) is 10.3. The highest BCUT2D eigenvalue weighted by molar-refractivity contribution is 9.10. The van der Waals surface area contributed by atoms with Crippen molar-refractivity contribution >= 4 is 27.5 Å². The molecule has 0 saturated heterocycles. The van der Waals surface area contributed by atoms with E-state index in [0.29, 0.717) is 0 Å². The Kier molecular flexibility index (Phi) is 4.32. The van der Waals surface area contributed by atoms with E-state index in [1.54, 1.807) is 0 Å². The fraction of sp³-hybridized carbons (Fsp3) is 0.0714. The molecule has 0 fully saturated rings. The van der Waals surface area contributed by atoms with Crippen LogP contribution in [0.1, 0.15) is 15.9 Å². The summed E-state index contributed by atoms with van der Waals surface area (Å²) in [5.74, 6) is -1.57. The number of hydrogen-bond donors (Lipinski definition) is 1. The number of carbonyl (C=O) groups is 1. The highest BCUT2D eigenvalue weighted by Gasteiger charge is 2.31. The molecular weight excluding hydrogens is 354 g/mol. The Morgan fingerprint density at radius 3 is 2.38 bits per heavy atom. The van der Waals surface area contributed by atoms with Gasteiger partial charge >= 0.3 is 6.18 Å². The van der Waals surface area contributed by atoms with E-state index in [1.165, 1.54) is 24.3 Å². The van der Waals surface area contributed by atoms with Crippen molar-refractivity contribution in [2.45, 2.75) is 6.18 Å².